The molecule has 0 spiro atoms. The third-order valence-electron chi connectivity index (χ3n) is 2.00. The van der Waals surface area contributed by atoms with Crippen molar-refractivity contribution in [1.82, 2.24) is 15.2 Å². The van der Waals surface area contributed by atoms with E-state index in [1.165, 1.54) is 0 Å². The van der Waals surface area contributed by atoms with Crippen LogP contribution in [-0.4, -0.2) is 37.1 Å². The zero-order chi connectivity index (χ0) is 11.1. The molecule has 0 saturated carbocycles. The number of rotatable bonds is 5. The number of pyridine rings is 1. The van der Waals surface area contributed by atoms with Gasteiger partial charge in [0.2, 0.25) is 0 Å². The van der Waals surface area contributed by atoms with Gasteiger partial charge in [-0.25, -0.2) is 4.98 Å². The summed E-state index contributed by atoms with van der Waals surface area (Å²) in [5.41, 5.74) is 1.57. The maximum atomic E-state index is 8.67. The van der Waals surface area contributed by atoms with Crippen LogP contribution < -0.4 is 5.32 Å². The number of likely N-dealkylation sites (N-methyl/N-ethyl adjacent to an activating group) is 1. The van der Waals surface area contributed by atoms with Gasteiger partial charge < -0.3 is 10.2 Å². The standard InChI is InChI=1S/C11H16N4/c1-15(2)6-5-13-9-10-3-4-14-11(7-10)8-12/h3-4,7,13H,5-6,9H2,1-2H3. The van der Waals surface area contributed by atoms with Crippen LogP contribution in [0.4, 0.5) is 0 Å². The van der Waals surface area contributed by atoms with Crippen molar-refractivity contribution >= 4 is 0 Å². The van der Waals surface area contributed by atoms with Gasteiger partial charge >= 0.3 is 0 Å². The number of hydrogen-bond donors (Lipinski definition) is 1. The van der Waals surface area contributed by atoms with Gasteiger partial charge in [-0.3, -0.25) is 0 Å². The first-order valence-corrected chi connectivity index (χ1v) is 4.93. The van der Waals surface area contributed by atoms with Gasteiger partial charge in [0.25, 0.3) is 0 Å². The van der Waals surface area contributed by atoms with E-state index in [9.17, 15) is 0 Å². The molecule has 0 fully saturated rings. The fourth-order valence-corrected chi connectivity index (χ4v) is 1.18. The SMILES string of the molecule is CN(C)CCNCc1ccnc(C#N)c1. The van der Waals surface area contributed by atoms with E-state index in [0.717, 1.165) is 25.2 Å². The largest absolute Gasteiger partial charge is 0.311 e. The number of nitrogens with one attached hydrogen (secondary N) is 1. The lowest BCUT2D eigenvalue weighted by Gasteiger charge is -2.10. The van der Waals surface area contributed by atoms with Crippen LogP contribution >= 0.6 is 0 Å². The molecular weight excluding hydrogens is 188 g/mol. The van der Waals surface area contributed by atoms with Crippen LogP contribution in [0.15, 0.2) is 18.3 Å². The predicted octanol–water partition coefficient (Wildman–Crippen LogP) is 0.604. The first-order valence-electron chi connectivity index (χ1n) is 4.93. The van der Waals surface area contributed by atoms with Gasteiger partial charge in [-0.2, -0.15) is 5.26 Å². The quantitative estimate of drug-likeness (QED) is 0.714. The van der Waals surface area contributed by atoms with Crippen molar-refractivity contribution in [2.24, 2.45) is 0 Å². The average Bonchev–Trinajstić information content (AvgIpc) is 2.24. The number of nitriles is 1. The molecule has 0 radical (unpaired) electrons. The summed E-state index contributed by atoms with van der Waals surface area (Å²) in [5, 5.41) is 12.0. The Bertz CT molecular complexity index is 341. The molecular formula is C11H16N4. The van der Waals surface area contributed by atoms with Crippen molar-refractivity contribution in [3.8, 4) is 6.07 Å². The summed E-state index contributed by atoms with van der Waals surface area (Å²) in [7, 11) is 4.09. The van der Waals surface area contributed by atoms with E-state index in [2.05, 4.69) is 15.2 Å². The van der Waals surface area contributed by atoms with E-state index in [0.29, 0.717) is 5.69 Å². The summed E-state index contributed by atoms with van der Waals surface area (Å²) in [6.45, 7) is 2.73. The highest BCUT2D eigenvalue weighted by Gasteiger charge is 1.96. The van der Waals surface area contributed by atoms with Crippen LogP contribution in [0.25, 0.3) is 0 Å². The van der Waals surface area contributed by atoms with Gasteiger partial charge in [0.05, 0.1) is 0 Å². The van der Waals surface area contributed by atoms with E-state index in [4.69, 9.17) is 5.26 Å². The molecule has 0 aromatic carbocycles. The average molecular weight is 204 g/mol. The highest BCUT2D eigenvalue weighted by molar-refractivity contribution is 5.25. The first-order chi connectivity index (χ1) is 7.22. The Morgan fingerprint density at radius 3 is 3.00 bits per heavy atom. The summed E-state index contributed by atoms with van der Waals surface area (Å²) < 4.78 is 0. The summed E-state index contributed by atoms with van der Waals surface area (Å²) in [6, 6.07) is 5.76. The van der Waals surface area contributed by atoms with Crippen molar-refractivity contribution in [2.45, 2.75) is 6.54 Å². The Morgan fingerprint density at radius 1 is 1.53 bits per heavy atom. The van der Waals surface area contributed by atoms with Crippen molar-refractivity contribution in [1.29, 1.82) is 5.26 Å². The smallest absolute Gasteiger partial charge is 0.140 e. The highest BCUT2D eigenvalue weighted by atomic mass is 15.1. The molecule has 0 bridgehead atoms. The topological polar surface area (TPSA) is 52.0 Å². The van der Waals surface area contributed by atoms with Gasteiger partial charge in [-0.05, 0) is 31.8 Å². The Morgan fingerprint density at radius 2 is 2.33 bits per heavy atom. The van der Waals surface area contributed by atoms with Gasteiger partial charge in [-0.1, -0.05) is 0 Å². The van der Waals surface area contributed by atoms with Crippen molar-refractivity contribution in [2.75, 3.05) is 27.2 Å². The van der Waals surface area contributed by atoms with Crippen LogP contribution in [0.1, 0.15) is 11.3 Å². The van der Waals surface area contributed by atoms with E-state index in [1.807, 2.05) is 32.3 Å². The lowest BCUT2D eigenvalue weighted by Crippen LogP contribution is -2.26. The number of nitrogens with zero attached hydrogens (tertiary/aromatic N) is 3. The lowest BCUT2D eigenvalue weighted by atomic mass is 10.2. The molecule has 4 heteroatoms. The third-order valence-corrected chi connectivity index (χ3v) is 2.00. The maximum absolute atomic E-state index is 8.67. The summed E-state index contributed by atoms with van der Waals surface area (Å²) in [6.07, 6.45) is 1.67. The molecule has 1 heterocycles. The zero-order valence-corrected chi connectivity index (χ0v) is 9.20. The highest BCUT2D eigenvalue weighted by Crippen LogP contribution is 1.99. The molecule has 0 aliphatic rings. The van der Waals surface area contributed by atoms with Crippen molar-refractivity contribution in [3.63, 3.8) is 0 Å². The number of hydrogen-bond acceptors (Lipinski definition) is 4. The predicted molar refractivity (Wildman–Crippen MR) is 59.2 cm³/mol. The van der Waals surface area contributed by atoms with Crippen LogP contribution in [0.5, 0.6) is 0 Å². The fraction of sp³-hybridized carbons (Fsp3) is 0.455. The minimum Gasteiger partial charge on any atom is -0.311 e. The second-order valence-corrected chi connectivity index (χ2v) is 3.64. The monoisotopic (exact) mass is 204 g/mol. The second-order valence-electron chi connectivity index (χ2n) is 3.64. The van der Waals surface area contributed by atoms with Gasteiger partial charge in [0, 0.05) is 25.8 Å². The molecule has 1 aromatic heterocycles. The van der Waals surface area contributed by atoms with Crippen LogP contribution in [-0.2, 0) is 6.54 Å². The van der Waals surface area contributed by atoms with Gasteiger partial charge in [0.1, 0.15) is 11.8 Å². The molecule has 1 aromatic rings. The van der Waals surface area contributed by atoms with Crippen molar-refractivity contribution in [3.05, 3.63) is 29.6 Å². The molecule has 0 unspecified atom stereocenters. The molecule has 0 saturated heterocycles. The molecule has 0 amide bonds. The second kappa shape index (κ2) is 6.12. The molecule has 1 rings (SSSR count). The molecule has 0 aliphatic heterocycles. The maximum Gasteiger partial charge on any atom is 0.140 e. The Labute approximate surface area is 90.5 Å². The van der Waals surface area contributed by atoms with Crippen LogP contribution in [0.2, 0.25) is 0 Å². The molecule has 15 heavy (non-hydrogen) atoms. The van der Waals surface area contributed by atoms with E-state index >= 15 is 0 Å². The third kappa shape index (κ3) is 4.54. The summed E-state index contributed by atoms with van der Waals surface area (Å²) in [5.74, 6) is 0. The van der Waals surface area contributed by atoms with E-state index < -0.39 is 0 Å². The Hall–Kier alpha value is -1.44. The van der Waals surface area contributed by atoms with Crippen LogP contribution in [0, 0.1) is 11.3 Å². The van der Waals surface area contributed by atoms with Crippen LogP contribution in [0.3, 0.4) is 0 Å². The van der Waals surface area contributed by atoms with Gasteiger partial charge in [0.15, 0.2) is 0 Å². The summed E-state index contributed by atoms with van der Waals surface area (Å²) >= 11 is 0. The molecule has 80 valence electrons. The minimum absolute atomic E-state index is 0.474. The minimum atomic E-state index is 0.474. The molecule has 0 aliphatic carbocycles. The Kier molecular flexibility index (Phi) is 4.75. The molecule has 0 atom stereocenters. The Balaban J connectivity index is 2.35. The molecule has 4 nitrogen and oxygen atoms in total. The normalized spacial score (nSPS) is 10.3. The zero-order valence-electron chi connectivity index (χ0n) is 9.20. The van der Waals surface area contributed by atoms with Crippen molar-refractivity contribution < 1.29 is 0 Å². The first kappa shape index (κ1) is 11.6. The number of aromatic nitrogens is 1. The molecule has 1 N–H and O–H groups in total. The van der Waals surface area contributed by atoms with E-state index in [-0.39, 0.29) is 0 Å². The van der Waals surface area contributed by atoms with Gasteiger partial charge in [-0.15, -0.1) is 0 Å². The van der Waals surface area contributed by atoms with E-state index in [1.54, 1.807) is 6.20 Å². The lowest BCUT2D eigenvalue weighted by molar-refractivity contribution is 0.400. The fourth-order valence-electron chi connectivity index (χ4n) is 1.18. The summed E-state index contributed by atoms with van der Waals surface area (Å²) in [4.78, 5) is 6.04.